The molecule has 0 aliphatic carbocycles. The van der Waals surface area contributed by atoms with Crippen LogP contribution in [0.25, 0.3) is 10.9 Å². The number of piperazine rings is 1. The minimum atomic E-state index is -0.761. The molecule has 1 N–H and O–H groups in total. The fraction of sp³-hybridized carbons (Fsp3) is 0.185. The van der Waals surface area contributed by atoms with E-state index in [4.69, 9.17) is 0 Å². The molecular formula is C27H21FN4O4. The van der Waals surface area contributed by atoms with E-state index in [0.717, 1.165) is 27.7 Å². The second-order valence-electron chi connectivity index (χ2n) is 9.16. The van der Waals surface area contributed by atoms with Crippen molar-refractivity contribution in [3.05, 3.63) is 111 Å². The predicted molar refractivity (Wildman–Crippen MR) is 129 cm³/mol. The Morgan fingerprint density at radius 1 is 1.03 bits per heavy atom. The zero-order valence-electron chi connectivity index (χ0n) is 19.1. The van der Waals surface area contributed by atoms with Gasteiger partial charge in [0.2, 0.25) is 11.8 Å². The fourth-order valence-corrected chi connectivity index (χ4v) is 5.42. The second kappa shape index (κ2) is 8.30. The number of aromatic nitrogens is 1. The summed E-state index contributed by atoms with van der Waals surface area (Å²) in [6, 6.07) is 18.4. The molecule has 1 aromatic heterocycles. The number of hydrogen-bond donors (Lipinski definition) is 1. The molecule has 3 heterocycles. The van der Waals surface area contributed by atoms with Crippen LogP contribution < -0.4 is 0 Å². The Kier molecular flexibility index (Phi) is 5.06. The number of amides is 2. The maximum atomic E-state index is 13.7. The van der Waals surface area contributed by atoms with Crippen molar-refractivity contribution in [1.29, 1.82) is 0 Å². The Hall–Kier alpha value is -4.53. The number of rotatable bonds is 4. The van der Waals surface area contributed by atoms with Crippen LogP contribution in [0.1, 0.15) is 28.4 Å². The van der Waals surface area contributed by atoms with E-state index in [2.05, 4.69) is 4.98 Å². The highest BCUT2D eigenvalue weighted by Gasteiger charge is 2.48. The number of nitrogens with one attached hydrogen (secondary N) is 1. The lowest BCUT2D eigenvalue weighted by Gasteiger charge is -2.47. The smallest absolute Gasteiger partial charge is 0.269 e. The topological polar surface area (TPSA) is 99.5 Å². The highest BCUT2D eigenvalue weighted by Crippen LogP contribution is 2.43. The van der Waals surface area contributed by atoms with Gasteiger partial charge in [-0.2, -0.15) is 0 Å². The van der Waals surface area contributed by atoms with Crippen LogP contribution >= 0.6 is 0 Å². The number of carbonyl (C=O) groups is 2. The van der Waals surface area contributed by atoms with Crippen LogP contribution in [0.15, 0.2) is 72.8 Å². The summed E-state index contributed by atoms with van der Waals surface area (Å²) in [5.74, 6) is -0.822. The zero-order chi connectivity index (χ0) is 25.0. The molecule has 2 amide bonds. The first-order valence-corrected chi connectivity index (χ1v) is 11.6. The summed E-state index contributed by atoms with van der Waals surface area (Å²) in [4.78, 5) is 44.8. The van der Waals surface area contributed by atoms with E-state index < -0.39 is 17.0 Å². The molecule has 9 heteroatoms. The fourth-order valence-electron chi connectivity index (χ4n) is 5.42. The molecule has 4 aromatic rings. The Morgan fingerprint density at radius 3 is 2.58 bits per heavy atom. The number of nitrogens with zero attached hydrogens (tertiary/aromatic N) is 3. The summed E-state index contributed by atoms with van der Waals surface area (Å²) in [5, 5.41) is 12.4. The number of carbonyl (C=O) groups excluding carboxylic acids is 2. The van der Waals surface area contributed by atoms with Crippen LogP contribution in [0, 0.1) is 15.9 Å². The molecule has 8 nitrogen and oxygen atoms in total. The van der Waals surface area contributed by atoms with Crippen LogP contribution in [0.2, 0.25) is 0 Å². The zero-order valence-corrected chi connectivity index (χ0v) is 19.1. The van der Waals surface area contributed by atoms with Gasteiger partial charge in [-0.15, -0.1) is 0 Å². The molecule has 0 spiro atoms. The van der Waals surface area contributed by atoms with Gasteiger partial charge in [0.25, 0.3) is 5.69 Å². The van der Waals surface area contributed by atoms with Crippen LogP contribution in [0.3, 0.4) is 0 Å². The molecule has 180 valence electrons. The van der Waals surface area contributed by atoms with Crippen molar-refractivity contribution in [2.45, 2.75) is 25.0 Å². The molecule has 2 aliphatic heterocycles. The van der Waals surface area contributed by atoms with E-state index in [0.29, 0.717) is 12.0 Å². The number of aromatic amines is 1. The largest absolute Gasteiger partial charge is 0.356 e. The summed E-state index contributed by atoms with van der Waals surface area (Å²) < 4.78 is 13.4. The van der Waals surface area contributed by atoms with E-state index in [9.17, 15) is 24.1 Å². The van der Waals surface area contributed by atoms with Gasteiger partial charge in [0.05, 0.1) is 11.0 Å². The van der Waals surface area contributed by atoms with Crippen LogP contribution in [0.5, 0.6) is 0 Å². The van der Waals surface area contributed by atoms with Crippen LogP contribution in [-0.2, 0) is 22.6 Å². The molecule has 2 atom stereocenters. The molecule has 0 saturated carbocycles. The van der Waals surface area contributed by atoms with Gasteiger partial charge in [-0.1, -0.05) is 42.5 Å². The summed E-state index contributed by atoms with van der Waals surface area (Å²) in [6.45, 7) is 0.0606. The number of fused-ring (bicyclic) bond motifs is 4. The van der Waals surface area contributed by atoms with Gasteiger partial charge >= 0.3 is 0 Å². The summed E-state index contributed by atoms with van der Waals surface area (Å²) in [6.07, 6.45) is 0.329. The van der Waals surface area contributed by atoms with Crippen molar-refractivity contribution >= 4 is 28.4 Å². The van der Waals surface area contributed by atoms with Crippen molar-refractivity contribution in [2.75, 3.05) is 6.54 Å². The molecule has 0 radical (unpaired) electrons. The van der Waals surface area contributed by atoms with Gasteiger partial charge in [-0.3, -0.25) is 19.7 Å². The summed E-state index contributed by atoms with van der Waals surface area (Å²) in [7, 11) is 0. The number of nitro groups is 1. The number of benzene rings is 3. The summed E-state index contributed by atoms with van der Waals surface area (Å²) in [5.41, 5.74) is 3.77. The Morgan fingerprint density at radius 2 is 1.81 bits per heavy atom. The van der Waals surface area contributed by atoms with Gasteiger partial charge in [-0.25, -0.2) is 4.39 Å². The first-order chi connectivity index (χ1) is 17.4. The molecule has 0 unspecified atom stereocenters. The third kappa shape index (κ3) is 3.51. The van der Waals surface area contributed by atoms with E-state index in [1.165, 1.54) is 29.2 Å². The molecule has 1 fully saturated rings. The van der Waals surface area contributed by atoms with Crippen LogP contribution in [0.4, 0.5) is 10.1 Å². The predicted octanol–water partition coefficient (Wildman–Crippen LogP) is 4.10. The quantitative estimate of drug-likeness (QED) is 0.348. The van der Waals surface area contributed by atoms with Gasteiger partial charge in [0.1, 0.15) is 18.4 Å². The minimum absolute atomic E-state index is 0.0824. The highest BCUT2D eigenvalue weighted by molar-refractivity contribution is 5.97. The molecule has 0 bridgehead atoms. The third-order valence-corrected chi connectivity index (χ3v) is 7.03. The Labute approximate surface area is 205 Å². The van der Waals surface area contributed by atoms with Gasteiger partial charge < -0.3 is 14.8 Å². The second-order valence-corrected chi connectivity index (χ2v) is 9.16. The maximum absolute atomic E-state index is 13.7. The Balaban J connectivity index is 1.46. The van der Waals surface area contributed by atoms with Crippen molar-refractivity contribution in [2.24, 2.45) is 0 Å². The van der Waals surface area contributed by atoms with Crippen LogP contribution in [-0.4, -0.2) is 44.1 Å². The lowest BCUT2D eigenvalue weighted by atomic mass is 9.86. The van der Waals surface area contributed by atoms with E-state index >= 15 is 0 Å². The number of halogens is 1. The van der Waals surface area contributed by atoms with Gasteiger partial charge in [0.15, 0.2) is 0 Å². The number of nitro benzene ring substituents is 1. The SMILES string of the molecule is O=C1[C@@H]2Cc3c([nH]c4ccccc34)[C@H](c3cccc([N+](=O)[O-])c3)N2C(=O)CN1Cc1ccc(F)cc1. The van der Waals surface area contributed by atoms with Gasteiger partial charge in [-0.05, 0) is 34.9 Å². The molecule has 2 aliphatic rings. The van der Waals surface area contributed by atoms with Crippen molar-refractivity contribution in [3.63, 3.8) is 0 Å². The average molecular weight is 484 g/mol. The van der Waals surface area contributed by atoms with Gasteiger partial charge in [0, 0.05) is 41.7 Å². The van der Waals surface area contributed by atoms with Crippen molar-refractivity contribution in [1.82, 2.24) is 14.8 Å². The standard InChI is InChI=1S/C27H21FN4O4/c28-18-10-8-16(9-11-18)14-30-15-24(33)31-23(27(30)34)13-21-20-6-1-2-7-22(20)29-25(21)26(31)17-4-3-5-19(12-17)32(35)36/h1-12,23,26,29H,13-15H2/t23-,26-/m0/s1. The number of non-ortho nitro benzene ring substituents is 1. The monoisotopic (exact) mass is 484 g/mol. The van der Waals surface area contributed by atoms with Crippen molar-refractivity contribution in [3.8, 4) is 0 Å². The molecule has 3 aromatic carbocycles. The third-order valence-electron chi connectivity index (χ3n) is 7.03. The van der Waals surface area contributed by atoms with E-state index in [-0.39, 0.29) is 36.4 Å². The Bertz CT molecular complexity index is 1530. The molecule has 6 rings (SSSR count). The first kappa shape index (κ1) is 22.0. The van der Waals surface area contributed by atoms with E-state index in [1.807, 2.05) is 24.3 Å². The maximum Gasteiger partial charge on any atom is 0.269 e. The minimum Gasteiger partial charge on any atom is -0.356 e. The molecule has 1 saturated heterocycles. The number of hydrogen-bond acceptors (Lipinski definition) is 4. The molecular weight excluding hydrogens is 463 g/mol. The van der Waals surface area contributed by atoms with Crippen molar-refractivity contribution < 1.29 is 18.9 Å². The lowest BCUT2D eigenvalue weighted by Crippen LogP contribution is -2.62. The lowest BCUT2D eigenvalue weighted by molar-refractivity contribution is -0.384. The van der Waals surface area contributed by atoms with E-state index in [1.54, 1.807) is 29.2 Å². The number of para-hydroxylation sites is 1. The summed E-state index contributed by atoms with van der Waals surface area (Å²) >= 11 is 0. The molecule has 36 heavy (non-hydrogen) atoms. The highest BCUT2D eigenvalue weighted by atomic mass is 19.1. The normalized spacial score (nSPS) is 19.4. The number of H-pyrrole nitrogens is 1. The first-order valence-electron chi connectivity index (χ1n) is 11.6. The average Bonchev–Trinajstić information content (AvgIpc) is 3.25.